The van der Waals surface area contributed by atoms with E-state index >= 15 is 0 Å². The lowest BCUT2D eigenvalue weighted by Gasteiger charge is -2.08. The van der Waals surface area contributed by atoms with E-state index in [2.05, 4.69) is 15.0 Å². The largest absolute Gasteiger partial charge is 0.465 e. The maximum absolute atomic E-state index is 11.8. The minimum absolute atomic E-state index is 0.193. The number of carbonyl (C=O) groups excluding carboxylic acids is 2. The van der Waals surface area contributed by atoms with Gasteiger partial charge in [-0.3, -0.25) is 9.78 Å². The van der Waals surface area contributed by atoms with Crippen LogP contribution in [-0.2, 0) is 9.47 Å². The van der Waals surface area contributed by atoms with E-state index in [-0.39, 0.29) is 17.7 Å². The first-order chi connectivity index (χ1) is 9.54. The van der Waals surface area contributed by atoms with Gasteiger partial charge in [-0.15, -0.1) is 0 Å². The summed E-state index contributed by atoms with van der Waals surface area (Å²) >= 11 is 0. The summed E-state index contributed by atoms with van der Waals surface area (Å²) in [5.74, 6) is -0.749. The van der Waals surface area contributed by atoms with E-state index in [0.717, 1.165) is 6.42 Å². The van der Waals surface area contributed by atoms with Gasteiger partial charge in [-0.05, 0) is 32.4 Å². The first-order valence-corrected chi connectivity index (χ1v) is 6.48. The highest BCUT2D eigenvalue weighted by Gasteiger charge is 2.09. The molecule has 20 heavy (non-hydrogen) atoms. The Morgan fingerprint density at radius 3 is 2.65 bits per heavy atom. The Bertz CT molecular complexity index is 443. The molecule has 0 aliphatic rings. The van der Waals surface area contributed by atoms with Gasteiger partial charge < -0.3 is 14.8 Å². The number of aromatic nitrogens is 1. The summed E-state index contributed by atoms with van der Waals surface area (Å²) in [5.41, 5.74) is 0.580. The molecular weight excluding hydrogens is 260 g/mol. The molecule has 0 aliphatic carbocycles. The second kappa shape index (κ2) is 8.27. The summed E-state index contributed by atoms with van der Waals surface area (Å²) < 4.78 is 9.92. The van der Waals surface area contributed by atoms with E-state index in [1.54, 1.807) is 0 Å². The van der Waals surface area contributed by atoms with E-state index < -0.39 is 5.97 Å². The van der Waals surface area contributed by atoms with Gasteiger partial charge in [-0.25, -0.2) is 4.79 Å². The van der Waals surface area contributed by atoms with Gasteiger partial charge in [0.1, 0.15) is 5.69 Å². The average Bonchev–Trinajstić information content (AvgIpc) is 2.45. The maximum atomic E-state index is 11.8. The van der Waals surface area contributed by atoms with Crippen LogP contribution >= 0.6 is 0 Å². The van der Waals surface area contributed by atoms with Crippen LogP contribution < -0.4 is 5.32 Å². The molecule has 1 aromatic heterocycles. The summed E-state index contributed by atoms with van der Waals surface area (Å²) in [6, 6.07) is 3.00. The highest BCUT2D eigenvalue weighted by molar-refractivity contribution is 5.94. The molecule has 1 amide bonds. The van der Waals surface area contributed by atoms with Crippen LogP contribution in [0.1, 0.15) is 41.1 Å². The Morgan fingerprint density at radius 1 is 1.35 bits per heavy atom. The predicted molar refractivity (Wildman–Crippen MR) is 73.6 cm³/mol. The minimum Gasteiger partial charge on any atom is -0.465 e. The summed E-state index contributed by atoms with van der Waals surface area (Å²) in [7, 11) is 1.29. The van der Waals surface area contributed by atoms with E-state index in [9.17, 15) is 9.59 Å². The Hall–Kier alpha value is -1.95. The lowest BCUT2D eigenvalue weighted by atomic mass is 10.2. The number of rotatable bonds is 7. The standard InChI is InChI=1S/C14H20N2O4/c1-10(2)20-8-4-7-15-13(17)12-6-5-11(9-16-12)14(18)19-3/h5-6,9-10H,4,7-8H2,1-3H3,(H,15,17). The smallest absolute Gasteiger partial charge is 0.339 e. The SMILES string of the molecule is COC(=O)c1ccc(C(=O)NCCCOC(C)C)nc1. The Kier molecular flexibility index (Phi) is 6.66. The van der Waals surface area contributed by atoms with Gasteiger partial charge in [-0.1, -0.05) is 0 Å². The van der Waals surface area contributed by atoms with Gasteiger partial charge in [-0.2, -0.15) is 0 Å². The second-order valence-electron chi connectivity index (χ2n) is 4.45. The number of pyridine rings is 1. The van der Waals surface area contributed by atoms with Crippen molar-refractivity contribution >= 4 is 11.9 Å². The van der Waals surface area contributed by atoms with Crippen molar-refractivity contribution in [2.45, 2.75) is 26.4 Å². The fraction of sp³-hybridized carbons (Fsp3) is 0.500. The van der Waals surface area contributed by atoms with Gasteiger partial charge in [0.2, 0.25) is 0 Å². The third-order valence-electron chi connectivity index (χ3n) is 2.48. The number of hydrogen-bond acceptors (Lipinski definition) is 5. The third-order valence-corrected chi connectivity index (χ3v) is 2.48. The number of ether oxygens (including phenoxy) is 2. The van der Waals surface area contributed by atoms with Crippen molar-refractivity contribution in [3.8, 4) is 0 Å². The van der Waals surface area contributed by atoms with Gasteiger partial charge in [0, 0.05) is 19.3 Å². The van der Waals surface area contributed by atoms with E-state index in [0.29, 0.717) is 18.7 Å². The molecule has 0 spiro atoms. The summed E-state index contributed by atoms with van der Waals surface area (Å²) in [6.45, 7) is 5.05. The first kappa shape index (κ1) is 16.1. The number of hydrogen-bond donors (Lipinski definition) is 1. The fourth-order valence-corrected chi connectivity index (χ4v) is 1.45. The Balaban J connectivity index is 2.38. The predicted octanol–water partition coefficient (Wildman–Crippen LogP) is 1.41. The molecule has 6 nitrogen and oxygen atoms in total. The number of amides is 1. The summed E-state index contributed by atoms with van der Waals surface area (Å²) in [4.78, 5) is 26.9. The van der Waals surface area contributed by atoms with Crippen LogP contribution in [0.4, 0.5) is 0 Å². The number of carbonyl (C=O) groups is 2. The molecule has 0 aromatic carbocycles. The molecule has 1 heterocycles. The van der Waals surface area contributed by atoms with Crippen LogP contribution in [0, 0.1) is 0 Å². The average molecular weight is 280 g/mol. The van der Waals surface area contributed by atoms with E-state index in [1.165, 1.54) is 25.4 Å². The van der Waals surface area contributed by atoms with Crippen LogP contribution in [-0.4, -0.2) is 43.2 Å². The van der Waals surface area contributed by atoms with E-state index in [4.69, 9.17) is 4.74 Å². The van der Waals surface area contributed by atoms with Crippen molar-refractivity contribution in [3.05, 3.63) is 29.6 Å². The van der Waals surface area contributed by atoms with Gasteiger partial charge in [0.15, 0.2) is 0 Å². The van der Waals surface area contributed by atoms with Crippen LogP contribution in [0.2, 0.25) is 0 Å². The van der Waals surface area contributed by atoms with Crippen LogP contribution in [0.15, 0.2) is 18.3 Å². The lowest BCUT2D eigenvalue weighted by Crippen LogP contribution is -2.26. The number of esters is 1. The van der Waals surface area contributed by atoms with Gasteiger partial charge >= 0.3 is 5.97 Å². The molecule has 0 fully saturated rings. The van der Waals surface area contributed by atoms with Gasteiger partial charge in [0.25, 0.3) is 5.91 Å². The highest BCUT2D eigenvalue weighted by atomic mass is 16.5. The monoisotopic (exact) mass is 280 g/mol. The zero-order valence-electron chi connectivity index (χ0n) is 12.0. The van der Waals surface area contributed by atoms with Gasteiger partial charge in [0.05, 0.1) is 18.8 Å². The third kappa shape index (κ3) is 5.36. The Morgan fingerprint density at radius 2 is 2.10 bits per heavy atom. The lowest BCUT2D eigenvalue weighted by molar-refractivity contribution is 0.0599. The summed E-state index contributed by atoms with van der Waals surface area (Å²) in [5, 5.41) is 2.74. The normalized spacial score (nSPS) is 10.4. The number of methoxy groups -OCH3 is 1. The number of nitrogens with zero attached hydrogens (tertiary/aromatic N) is 1. The molecule has 0 bridgehead atoms. The molecule has 0 saturated carbocycles. The molecule has 0 atom stereocenters. The van der Waals surface area contributed by atoms with Crippen molar-refractivity contribution in [2.24, 2.45) is 0 Å². The molecule has 0 radical (unpaired) electrons. The fourth-order valence-electron chi connectivity index (χ4n) is 1.45. The van der Waals surface area contributed by atoms with Crippen molar-refractivity contribution < 1.29 is 19.1 Å². The topological polar surface area (TPSA) is 77.5 Å². The maximum Gasteiger partial charge on any atom is 0.339 e. The number of nitrogens with one attached hydrogen (secondary N) is 1. The molecule has 6 heteroatoms. The van der Waals surface area contributed by atoms with Crippen LogP contribution in [0.3, 0.4) is 0 Å². The molecule has 0 aliphatic heterocycles. The van der Waals surface area contributed by atoms with E-state index in [1.807, 2.05) is 13.8 Å². The zero-order chi connectivity index (χ0) is 15.0. The molecule has 110 valence electrons. The summed E-state index contributed by atoms with van der Waals surface area (Å²) in [6.07, 6.45) is 2.26. The highest BCUT2D eigenvalue weighted by Crippen LogP contribution is 2.02. The van der Waals surface area contributed by atoms with Crippen molar-refractivity contribution in [2.75, 3.05) is 20.3 Å². The first-order valence-electron chi connectivity index (χ1n) is 6.48. The molecular formula is C14H20N2O4. The Labute approximate surface area is 118 Å². The van der Waals surface area contributed by atoms with Crippen LogP contribution in [0.25, 0.3) is 0 Å². The second-order valence-corrected chi connectivity index (χ2v) is 4.45. The van der Waals surface area contributed by atoms with Crippen molar-refractivity contribution in [1.82, 2.24) is 10.3 Å². The van der Waals surface area contributed by atoms with Crippen LogP contribution in [0.5, 0.6) is 0 Å². The zero-order valence-corrected chi connectivity index (χ0v) is 12.0. The van der Waals surface area contributed by atoms with Crippen molar-refractivity contribution in [1.29, 1.82) is 0 Å². The molecule has 1 aromatic rings. The minimum atomic E-state index is -0.477. The van der Waals surface area contributed by atoms with Crippen molar-refractivity contribution in [3.63, 3.8) is 0 Å². The quantitative estimate of drug-likeness (QED) is 0.603. The molecule has 0 unspecified atom stereocenters. The molecule has 0 saturated heterocycles. The molecule has 1 N–H and O–H groups in total. The molecule has 1 rings (SSSR count).